The minimum Gasteiger partial charge on any atom is -0.510 e. The number of nitrogens with zero attached hydrogens (tertiary/aromatic N) is 2. The SMILES string of the molecule is CCN(CC)Cc1ccc(OC)c(C2=C3C[C@H]4C[C@H]5C(N(C)C)C(O)=C(C(N)=O)C(O)[C@@]5(O)C(O)=C4C(C)C3C(C)C=C2)c1. The molecule has 0 aromatic heterocycles. The van der Waals surface area contributed by atoms with Crippen LogP contribution in [0.3, 0.4) is 0 Å². The Kier molecular flexibility index (Phi) is 8.81. The Bertz CT molecular complexity index is 1440. The number of benzene rings is 1. The van der Waals surface area contributed by atoms with Crippen molar-refractivity contribution in [3.05, 3.63) is 69.7 Å². The van der Waals surface area contributed by atoms with E-state index >= 15 is 0 Å². The maximum absolute atomic E-state index is 12.4. The molecule has 0 spiro atoms. The summed E-state index contributed by atoms with van der Waals surface area (Å²) >= 11 is 0. The van der Waals surface area contributed by atoms with E-state index in [1.807, 2.05) is 6.07 Å². The van der Waals surface area contributed by atoms with Crippen molar-refractivity contribution in [2.24, 2.45) is 35.3 Å². The second-order valence-corrected chi connectivity index (χ2v) is 13.3. The van der Waals surface area contributed by atoms with Gasteiger partial charge in [-0.2, -0.15) is 0 Å². The van der Waals surface area contributed by atoms with Crippen molar-refractivity contribution in [3.8, 4) is 5.75 Å². The molecule has 1 fully saturated rings. The fourth-order valence-corrected chi connectivity index (χ4v) is 8.74. The molecule has 9 heteroatoms. The summed E-state index contributed by atoms with van der Waals surface area (Å²) in [4.78, 5) is 16.5. The van der Waals surface area contributed by atoms with Gasteiger partial charge in [0.05, 0.1) is 18.7 Å². The summed E-state index contributed by atoms with van der Waals surface area (Å²) < 4.78 is 5.88. The number of ether oxygens (including phenoxy) is 1. The number of carbonyl (C=O) groups excluding carboxylic acids is 1. The number of hydrogen-bond donors (Lipinski definition) is 5. The van der Waals surface area contributed by atoms with Gasteiger partial charge < -0.3 is 30.9 Å². The lowest BCUT2D eigenvalue weighted by Crippen LogP contribution is -2.65. The van der Waals surface area contributed by atoms with E-state index in [1.165, 1.54) is 11.1 Å². The van der Waals surface area contributed by atoms with E-state index in [1.54, 1.807) is 26.1 Å². The first kappa shape index (κ1) is 32.3. The summed E-state index contributed by atoms with van der Waals surface area (Å²) in [5, 5.41) is 46.6. The van der Waals surface area contributed by atoms with Gasteiger partial charge in [-0.25, -0.2) is 0 Å². The van der Waals surface area contributed by atoms with Gasteiger partial charge in [-0.05, 0) is 92.5 Å². The molecule has 5 unspecified atom stereocenters. The fourth-order valence-electron chi connectivity index (χ4n) is 8.74. The van der Waals surface area contributed by atoms with Crippen molar-refractivity contribution < 1.29 is 30.0 Å². The molecule has 8 atom stereocenters. The molecule has 1 aromatic rings. The third kappa shape index (κ3) is 4.89. The summed E-state index contributed by atoms with van der Waals surface area (Å²) in [6.45, 7) is 11.4. The van der Waals surface area contributed by atoms with Crippen molar-refractivity contribution in [1.82, 2.24) is 9.80 Å². The monoisotopic (exact) mass is 607 g/mol. The number of aliphatic hydroxyl groups excluding tert-OH is 3. The van der Waals surface area contributed by atoms with Gasteiger partial charge in [0.25, 0.3) is 5.91 Å². The number of primary amides is 1. The fraction of sp³-hybridized carbons (Fsp3) is 0.571. The van der Waals surface area contributed by atoms with E-state index in [0.717, 1.165) is 36.5 Å². The van der Waals surface area contributed by atoms with E-state index < -0.39 is 35.1 Å². The first-order chi connectivity index (χ1) is 20.8. The number of allylic oxidation sites excluding steroid dienone is 5. The molecule has 1 amide bonds. The number of nitrogens with two attached hydrogens (primary N) is 1. The van der Waals surface area contributed by atoms with Crippen LogP contribution in [0, 0.1) is 29.6 Å². The number of aliphatic hydroxyl groups is 4. The Morgan fingerprint density at radius 3 is 2.43 bits per heavy atom. The topological polar surface area (TPSA) is 140 Å². The molecule has 0 saturated heterocycles. The first-order valence-corrected chi connectivity index (χ1v) is 15.9. The van der Waals surface area contributed by atoms with Gasteiger partial charge in [-0.3, -0.25) is 14.6 Å². The lowest BCUT2D eigenvalue weighted by molar-refractivity contribution is -0.145. The largest absolute Gasteiger partial charge is 0.510 e. The molecule has 9 nitrogen and oxygen atoms in total. The van der Waals surface area contributed by atoms with E-state index in [4.69, 9.17) is 10.5 Å². The lowest BCUT2D eigenvalue weighted by Gasteiger charge is -2.55. The predicted molar refractivity (Wildman–Crippen MR) is 171 cm³/mol. The highest BCUT2D eigenvalue weighted by atomic mass is 16.5. The highest BCUT2D eigenvalue weighted by Gasteiger charge is 2.63. The van der Waals surface area contributed by atoms with Gasteiger partial charge in [0.15, 0.2) is 5.60 Å². The summed E-state index contributed by atoms with van der Waals surface area (Å²) in [6, 6.07) is 5.58. The van der Waals surface area contributed by atoms with Gasteiger partial charge >= 0.3 is 0 Å². The number of hydrogen-bond acceptors (Lipinski definition) is 8. The molecule has 0 bridgehead atoms. The highest BCUT2D eigenvalue weighted by Crippen LogP contribution is 2.59. The molecular formula is C35H49N3O6. The minimum atomic E-state index is -2.16. The molecule has 44 heavy (non-hydrogen) atoms. The number of amides is 1. The number of likely N-dealkylation sites (N-methyl/N-ethyl adjacent to an activating group) is 1. The normalized spacial score (nSPS) is 33.5. The van der Waals surface area contributed by atoms with Crippen LogP contribution in [0.2, 0.25) is 0 Å². The van der Waals surface area contributed by atoms with Crippen LogP contribution in [0.25, 0.3) is 5.57 Å². The van der Waals surface area contributed by atoms with Crippen LogP contribution < -0.4 is 10.5 Å². The number of carbonyl (C=O) groups is 1. The second-order valence-electron chi connectivity index (χ2n) is 13.3. The summed E-state index contributed by atoms with van der Waals surface area (Å²) in [5.41, 5.74) is 8.34. The Morgan fingerprint density at radius 2 is 1.84 bits per heavy atom. The standard InChI is InChI=1S/C35H49N3O6/c1-8-38(9-2)17-20-11-13-26(44-7)23(14-20)22-12-10-18(3)27-19(4)28-21(15-24(22)27)16-25-30(37(5)6)31(39)29(34(36)42)33(41)35(25,43)32(28)40/h10-14,18-19,21,25,27,30,33,39-41,43H,8-9,15-17H2,1-7H3,(H2,36,42)/t18?,19?,21-,25-,27?,30?,33?,35-/m0/s1. The molecule has 6 N–H and O–H groups in total. The Morgan fingerprint density at radius 1 is 1.16 bits per heavy atom. The molecule has 240 valence electrons. The van der Waals surface area contributed by atoms with Crippen LogP contribution in [0.15, 0.2) is 58.6 Å². The zero-order valence-corrected chi connectivity index (χ0v) is 27.0. The summed E-state index contributed by atoms with van der Waals surface area (Å²) in [6.07, 6.45) is 3.61. The number of fused-ring (bicyclic) bond motifs is 3. The minimum absolute atomic E-state index is 0.0460. The van der Waals surface area contributed by atoms with E-state index in [9.17, 15) is 25.2 Å². The second kappa shape index (κ2) is 12.0. The highest BCUT2D eigenvalue weighted by molar-refractivity contribution is 5.94. The molecule has 0 aliphatic heterocycles. The maximum Gasteiger partial charge on any atom is 0.250 e. The maximum atomic E-state index is 12.4. The molecule has 5 rings (SSSR count). The Labute approximate surface area is 261 Å². The summed E-state index contributed by atoms with van der Waals surface area (Å²) in [5.74, 6) is -1.73. The van der Waals surface area contributed by atoms with Crippen molar-refractivity contribution in [3.63, 3.8) is 0 Å². The van der Waals surface area contributed by atoms with Crippen molar-refractivity contribution in [1.29, 1.82) is 0 Å². The van der Waals surface area contributed by atoms with Crippen molar-refractivity contribution in [2.45, 2.75) is 64.8 Å². The lowest BCUT2D eigenvalue weighted by atomic mass is 9.53. The quantitative estimate of drug-likeness (QED) is 0.300. The van der Waals surface area contributed by atoms with Crippen LogP contribution in [0.4, 0.5) is 0 Å². The molecule has 0 radical (unpaired) electrons. The molecule has 1 aromatic carbocycles. The zero-order chi connectivity index (χ0) is 32.2. The Hall–Kier alpha value is -3.11. The summed E-state index contributed by atoms with van der Waals surface area (Å²) in [7, 11) is 5.17. The molecule has 1 saturated carbocycles. The van der Waals surface area contributed by atoms with Gasteiger partial charge in [0.2, 0.25) is 0 Å². The smallest absolute Gasteiger partial charge is 0.250 e. The van der Waals surface area contributed by atoms with Crippen molar-refractivity contribution >= 4 is 11.5 Å². The van der Waals surface area contributed by atoms with Gasteiger partial charge in [0, 0.05) is 18.0 Å². The average Bonchev–Trinajstić information content (AvgIpc) is 2.97. The van der Waals surface area contributed by atoms with Crippen molar-refractivity contribution in [2.75, 3.05) is 34.3 Å². The van der Waals surface area contributed by atoms with Gasteiger partial charge in [-0.15, -0.1) is 0 Å². The van der Waals surface area contributed by atoms with Crippen LogP contribution in [-0.2, 0) is 11.3 Å². The van der Waals surface area contributed by atoms with E-state index in [2.05, 4.69) is 56.9 Å². The van der Waals surface area contributed by atoms with E-state index in [0.29, 0.717) is 18.4 Å². The number of rotatable bonds is 8. The van der Waals surface area contributed by atoms with Gasteiger partial charge in [0.1, 0.15) is 23.4 Å². The third-order valence-corrected chi connectivity index (χ3v) is 10.9. The van der Waals surface area contributed by atoms with Crippen LogP contribution in [0.1, 0.15) is 51.7 Å². The van der Waals surface area contributed by atoms with Gasteiger partial charge in [-0.1, -0.05) is 51.5 Å². The average molecular weight is 608 g/mol. The zero-order valence-electron chi connectivity index (χ0n) is 27.0. The molecule has 4 aliphatic carbocycles. The number of methoxy groups -OCH3 is 1. The molecule has 0 heterocycles. The third-order valence-electron chi connectivity index (χ3n) is 10.9. The van der Waals surface area contributed by atoms with Crippen LogP contribution in [-0.4, -0.2) is 88.2 Å². The first-order valence-electron chi connectivity index (χ1n) is 15.9. The van der Waals surface area contributed by atoms with E-state index in [-0.39, 0.29) is 35.2 Å². The molecular weight excluding hydrogens is 558 g/mol. The molecule has 4 aliphatic rings. The van der Waals surface area contributed by atoms with Crippen LogP contribution in [0.5, 0.6) is 5.75 Å². The predicted octanol–water partition coefficient (Wildman–Crippen LogP) is 3.93. The Balaban J connectivity index is 1.65. The van der Waals surface area contributed by atoms with Crippen LogP contribution >= 0.6 is 0 Å².